The monoisotopic (exact) mass is 254 g/mol. The summed E-state index contributed by atoms with van der Waals surface area (Å²) in [4.78, 5) is 0. The molecular formula is C16H18N2O. The topological polar surface area (TPSA) is 49.0 Å². The van der Waals surface area contributed by atoms with Crippen LogP contribution in [0.1, 0.15) is 38.1 Å². The predicted octanol–water partition coefficient (Wildman–Crippen LogP) is 4.25. The van der Waals surface area contributed by atoms with Crippen LogP contribution in [0.4, 0.5) is 5.69 Å². The standard InChI is InChI=1S/C16H18N2O/c1-12(15-5-4-10-19-15)18-14-8-6-13(7-9-14)16(2,3)11-17/h4-10,12,18H,1-3H3. The SMILES string of the molecule is CC(Nc1ccc(C(C)(C)C#N)cc1)c1ccco1. The second-order valence-corrected chi connectivity index (χ2v) is 5.20. The van der Waals surface area contributed by atoms with Gasteiger partial charge in [-0.2, -0.15) is 5.26 Å². The fourth-order valence-electron chi connectivity index (χ4n) is 1.91. The summed E-state index contributed by atoms with van der Waals surface area (Å²) in [6.07, 6.45) is 1.67. The van der Waals surface area contributed by atoms with Gasteiger partial charge in [0.05, 0.1) is 23.8 Å². The lowest BCUT2D eigenvalue weighted by atomic mass is 9.86. The lowest BCUT2D eigenvalue weighted by molar-refractivity contribution is 0.490. The van der Waals surface area contributed by atoms with Gasteiger partial charge in [-0.1, -0.05) is 12.1 Å². The highest BCUT2D eigenvalue weighted by molar-refractivity contribution is 5.48. The van der Waals surface area contributed by atoms with Gasteiger partial charge in [0, 0.05) is 5.69 Å². The second kappa shape index (κ2) is 5.19. The van der Waals surface area contributed by atoms with Gasteiger partial charge in [0.15, 0.2) is 0 Å². The quantitative estimate of drug-likeness (QED) is 0.887. The fourth-order valence-corrected chi connectivity index (χ4v) is 1.91. The minimum absolute atomic E-state index is 0.116. The molecule has 0 saturated heterocycles. The summed E-state index contributed by atoms with van der Waals surface area (Å²) in [7, 11) is 0. The molecule has 3 nitrogen and oxygen atoms in total. The molecular weight excluding hydrogens is 236 g/mol. The Kier molecular flexibility index (Phi) is 3.62. The van der Waals surface area contributed by atoms with Gasteiger partial charge in [-0.05, 0) is 50.6 Å². The molecule has 0 aliphatic heterocycles. The maximum absolute atomic E-state index is 9.11. The van der Waals surface area contributed by atoms with E-state index in [0.717, 1.165) is 17.0 Å². The van der Waals surface area contributed by atoms with Crippen molar-refractivity contribution in [3.63, 3.8) is 0 Å². The first-order valence-corrected chi connectivity index (χ1v) is 6.34. The molecule has 3 heteroatoms. The Morgan fingerprint density at radius 2 is 1.89 bits per heavy atom. The molecule has 0 aliphatic rings. The summed E-state index contributed by atoms with van der Waals surface area (Å²) < 4.78 is 5.36. The van der Waals surface area contributed by atoms with E-state index >= 15 is 0 Å². The maximum Gasteiger partial charge on any atom is 0.125 e. The number of nitrogens with one attached hydrogen (secondary N) is 1. The largest absolute Gasteiger partial charge is 0.467 e. The molecule has 1 aromatic heterocycles. The Bertz CT molecular complexity index is 562. The van der Waals surface area contributed by atoms with E-state index in [0.29, 0.717) is 0 Å². The van der Waals surface area contributed by atoms with Gasteiger partial charge < -0.3 is 9.73 Å². The van der Waals surface area contributed by atoms with Gasteiger partial charge in [0.2, 0.25) is 0 Å². The van der Waals surface area contributed by atoms with Crippen LogP contribution in [0.5, 0.6) is 0 Å². The first kappa shape index (κ1) is 13.2. The Morgan fingerprint density at radius 1 is 1.21 bits per heavy atom. The number of nitrogens with zero attached hydrogens (tertiary/aromatic N) is 1. The molecule has 0 bridgehead atoms. The molecule has 0 fully saturated rings. The van der Waals surface area contributed by atoms with Gasteiger partial charge >= 0.3 is 0 Å². The van der Waals surface area contributed by atoms with Crippen LogP contribution in [-0.2, 0) is 5.41 Å². The maximum atomic E-state index is 9.11. The summed E-state index contributed by atoms with van der Waals surface area (Å²) in [5, 5.41) is 12.5. The van der Waals surface area contributed by atoms with Gasteiger partial charge in [-0.15, -0.1) is 0 Å². The molecule has 1 aromatic carbocycles. The lowest BCUT2D eigenvalue weighted by Crippen LogP contribution is -2.13. The molecule has 98 valence electrons. The van der Waals surface area contributed by atoms with Crippen LogP contribution < -0.4 is 5.32 Å². The van der Waals surface area contributed by atoms with E-state index in [1.165, 1.54) is 0 Å². The van der Waals surface area contributed by atoms with Crippen molar-refractivity contribution in [2.45, 2.75) is 32.2 Å². The van der Waals surface area contributed by atoms with Crippen LogP contribution in [0.15, 0.2) is 47.1 Å². The van der Waals surface area contributed by atoms with Crippen molar-refractivity contribution in [3.8, 4) is 6.07 Å². The Labute approximate surface area is 113 Å². The first-order chi connectivity index (χ1) is 9.03. The molecule has 0 aliphatic carbocycles. The zero-order valence-electron chi connectivity index (χ0n) is 11.5. The molecule has 1 unspecified atom stereocenters. The predicted molar refractivity (Wildman–Crippen MR) is 75.8 cm³/mol. The van der Waals surface area contributed by atoms with Crippen molar-refractivity contribution in [1.82, 2.24) is 0 Å². The molecule has 0 spiro atoms. The van der Waals surface area contributed by atoms with E-state index in [1.807, 2.05) is 57.2 Å². The third-order valence-electron chi connectivity index (χ3n) is 3.24. The van der Waals surface area contributed by atoms with Crippen molar-refractivity contribution in [2.75, 3.05) is 5.32 Å². The van der Waals surface area contributed by atoms with Gasteiger partial charge in [-0.25, -0.2) is 0 Å². The normalized spacial score (nSPS) is 12.7. The van der Waals surface area contributed by atoms with Crippen LogP contribution in [0.2, 0.25) is 0 Å². The lowest BCUT2D eigenvalue weighted by Gasteiger charge is -2.17. The Morgan fingerprint density at radius 3 is 2.42 bits per heavy atom. The highest BCUT2D eigenvalue weighted by Gasteiger charge is 2.19. The minimum Gasteiger partial charge on any atom is -0.467 e. The van der Waals surface area contributed by atoms with E-state index in [4.69, 9.17) is 9.68 Å². The van der Waals surface area contributed by atoms with E-state index in [-0.39, 0.29) is 6.04 Å². The van der Waals surface area contributed by atoms with Gasteiger partial charge in [-0.3, -0.25) is 0 Å². The molecule has 2 rings (SSSR count). The Hall–Kier alpha value is -2.21. The van der Waals surface area contributed by atoms with Gasteiger partial charge in [0.25, 0.3) is 0 Å². The highest BCUT2D eigenvalue weighted by Crippen LogP contribution is 2.25. The van der Waals surface area contributed by atoms with Crippen molar-refractivity contribution in [3.05, 3.63) is 54.0 Å². The third-order valence-corrected chi connectivity index (χ3v) is 3.24. The van der Waals surface area contributed by atoms with E-state index in [2.05, 4.69) is 11.4 Å². The van der Waals surface area contributed by atoms with Crippen molar-refractivity contribution in [1.29, 1.82) is 5.26 Å². The van der Waals surface area contributed by atoms with Crippen LogP contribution in [0.3, 0.4) is 0 Å². The molecule has 0 radical (unpaired) electrons. The van der Waals surface area contributed by atoms with E-state index in [9.17, 15) is 0 Å². The van der Waals surface area contributed by atoms with Gasteiger partial charge in [0.1, 0.15) is 5.76 Å². The summed E-state index contributed by atoms with van der Waals surface area (Å²) in [5.41, 5.74) is 1.58. The van der Waals surface area contributed by atoms with Crippen LogP contribution in [0, 0.1) is 11.3 Å². The first-order valence-electron chi connectivity index (χ1n) is 6.34. The van der Waals surface area contributed by atoms with Crippen LogP contribution in [-0.4, -0.2) is 0 Å². The number of benzene rings is 1. The molecule has 2 aromatic rings. The average molecular weight is 254 g/mol. The highest BCUT2D eigenvalue weighted by atomic mass is 16.3. The average Bonchev–Trinajstić information content (AvgIpc) is 2.93. The minimum atomic E-state index is -0.453. The second-order valence-electron chi connectivity index (χ2n) is 5.20. The van der Waals surface area contributed by atoms with Crippen molar-refractivity contribution < 1.29 is 4.42 Å². The number of rotatable bonds is 4. The smallest absolute Gasteiger partial charge is 0.125 e. The van der Waals surface area contributed by atoms with Crippen molar-refractivity contribution in [2.24, 2.45) is 0 Å². The summed E-state index contributed by atoms with van der Waals surface area (Å²) in [5.74, 6) is 0.904. The molecule has 1 N–H and O–H groups in total. The molecule has 1 atom stereocenters. The number of anilines is 1. The molecule has 19 heavy (non-hydrogen) atoms. The van der Waals surface area contributed by atoms with Crippen LogP contribution in [0.25, 0.3) is 0 Å². The third kappa shape index (κ3) is 2.97. The number of furan rings is 1. The van der Waals surface area contributed by atoms with E-state index in [1.54, 1.807) is 6.26 Å². The summed E-state index contributed by atoms with van der Waals surface area (Å²) in [6.45, 7) is 5.88. The molecule has 0 saturated carbocycles. The van der Waals surface area contributed by atoms with Crippen LogP contribution >= 0.6 is 0 Å². The zero-order valence-corrected chi connectivity index (χ0v) is 11.5. The van der Waals surface area contributed by atoms with E-state index < -0.39 is 5.41 Å². The Balaban J connectivity index is 2.10. The molecule has 1 heterocycles. The number of nitriles is 1. The zero-order chi connectivity index (χ0) is 13.9. The van der Waals surface area contributed by atoms with Crippen molar-refractivity contribution >= 4 is 5.69 Å². The molecule has 0 amide bonds. The summed E-state index contributed by atoms with van der Waals surface area (Å²) >= 11 is 0. The fraction of sp³-hybridized carbons (Fsp3) is 0.312. The summed E-state index contributed by atoms with van der Waals surface area (Å²) in [6, 6.07) is 14.2. The number of hydrogen-bond donors (Lipinski definition) is 1. The number of hydrogen-bond acceptors (Lipinski definition) is 3.